The van der Waals surface area contributed by atoms with Gasteiger partial charge < -0.3 is 0 Å². The van der Waals surface area contributed by atoms with E-state index in [-0.39, 0.29) is 4.90 Å². The predicted molar refractivity (Wildman–Crippen MR) is 53.8 cm³/mol. The van der Waals surface area contributed by atoms with Gasteiger partial charge in [0.05, 0.1) is 4.90 Å². The Morgan fingerprint density at radius 2 is 1.76 bits per heavy atom. The van der Waals surface area contributed by atoms with E-state index < -0.39 is 34.3 Å². The van der Waals surface area contributed by atoms with Gasteiger partial charge in [-0.05, 0) is 24.3 Å². The molecule has 0 radical (unpaired) electrons. The monoisotopic (exact) mass is 258 g/mol. The zero-order valence-electron chi connectivity index (χ0n) is 8.38. The van der Waals surface area contributed by atoms with Crippen LogP contribution in [0.2, 0.25) is 0 Å². The standard InChI is InChI=1S/C9H7FN2O4S/c10-6-1-3-7(4-2-6)17(15,16)12-5-8(13)11-9(12)14/h1-4H,5H2,(H,11,13,14). The third-order valence-corrected chi connectivity index (χ3v) is 3.90. The minimum absolute atomic E-state index is 0.247. The first kappa shape index (κ1) is 11.5. The summed E-state index contributed by atoms with van der Waals surface area (Å²) < 4.78 is 36.8. The lowest BCUT2D eigenvalue weighted by Gasteiger charge is -2.13. The Bertz CT molecular complexity index is 582. The maximum Gasteiger partial charge on any atom is 0.338 e. The minimum atomic E-state index is -4.10. The lowest BCUT2D eigenvalue weighted by atomic mass is 10.4. The molecular formula is C9H7FN2O4S. The highest BCUT2D eigenvalue weighted by molar-refractivity contribution is 7.89. The van der Waals surface area contributed by atoms with Crippen LogP contribution in [0.4, 0.5) is 9.18 Å². The summed E-state index contributed by atoms with van der Waals surface area (Å²) in [6, 6.07) is 2.98. The molecule has 0 aliphatic carbocycles. The van der Waals surface area contributed by atoms with Crippen molar-refractivity contribution in [2.45, 2.75) is 4.90 Å². The molecule has 1 N–H and O–H groups in total. The molecule has 1 aliphatic heterocycles. The van der Waals surface area contributed by atoms with Gasteiger partial charge in [-0.1, -0.05) is 0 Å². The summed E-state index contributed by atoms with van der Waals surface area (Å²) in [5.41, 5.74) is 0. The van der Waals surface area contributed by atoms with Gasteiger partial charge in [-0.2, -0.15) is 0 Å². The number of imide groups is 1. The summed E-state index contributed by atoms with van der Waals surface area (Å²) >= 11 is 0. The highest BCUT2D eigenvalue weighted by atomic mass is 32.2. The summed E-state index contributed by atoms with van der Waals surface area (Å²) in [5, 5.41) is 1.85. The topological polar surface area (TPSA) is 83.6 Å². The second-order valence-corrected chi connectivity index (χ2v) is 5.18. The molecule has 1 aliphatic rings. The van der Waals surface area contributed by atoms with Crippen LogP contribution in [-0.4, -0.2) is 31.2 Å². The van der Waals surface area contributed by atoms with Gasteiger partial charge in [-0.3, -0.25) is 10.1 Å². The zero-order chi connectivity index (χ0) is 12.6. The van der Waals surface area contributed by atoms with Crippen molar-refractivity contribution in [3.8, 4) is 0 Å². The number of nitrogens with zero attached hydrogens (tertiary/aromatic N) is 1. The molecule has 1 aromatic rings. The van der Waals surface area contributed by atoms with Crippen LogP contribution in [0.1, 0.15) is 0 Å². The molecule has 8 heteroatoms. The van der Waals surface area contributed by atoms with Crippen LogP contribution in [0.15, 0.2) is 29.2 Å². The van der Waals surface area contributed by atoms with Crippen LogP contribution < -0.4 is 5.32 Å². The first-order valence-corrected chi connectivity index (χ1v) is 5.97. The molecule has 1 saturated heterocycles. The highest BCUT2D eigenvalue weighted by Gasteiger charge is 2.37. The molecule has 0 bridgehead atoms. The lowest BCUT2D eigenvalue weighted by Crippen LogP contribution is -2.34. The smallest absolute Gasteiger partial charge is 0.275 e. The number of benzene rings is 1. The van der Waals surface area contributed by atoms with E-state index in [0.29, 0.717) is 4.31 Å². The van der Waals surface area contributed by atoms with Gasteiger partial charge in [-0.25, -0.2) is 21.9 Å². The molecule has 3 amide bonds. The van der Waals surface area contributed by atoms with Crippen molar-refractivity contribution in [2.75, 3.05) is 6.54 Å². The number of carbonyl (C=O) groups is 2. The third-order valence-electron chi connectivity index (χ3n) is 2.16. The van der Waals surface area contributed by atoms with Gasteiger partial charge >= 0.3 is 6.03 Å². The number of hydrogen-bond acceptors (Lipinski definition) is 4. The molecule has 1 heterocycles. The number of nitrogens with one attached hydrogen (secondary N) is 1. The summed E-state index contributed by atoms with van der Waals surface area (Å²) in [5.74, 6) is -1.29. The van der Waals surface area contributed by atoms with Crippen LogP contribution in [0.3, 0.4) is 0 Å². The second kappa shape index (κ2) is 3.81. The number of urea groups is 1. The van der Waals surface area contributed by atoms with Gasteiger partial charge in [0.1, 0.15) is 12.4 Å². The summed E-state index contributed by atoms with van der Waals surface area (Å²) in [6.45, 7) is -0.557. The molecule has 2 rings (SSSR count). The maximum absolute atomic E-state index is 12.6. The van der Waals surface area contributed by atoms with Gasteiger partial charge in [0.25, 0.3) is 10.0 Å². The Balaban J connectivity index is 2.40. The van der Waals surface area contributed by atoms with Crippen molar-refractivity contribution in [3.05, 3.63) is 30.1 Å². The van der Waals surface area contributed by atoms with E-state index in [0.717, 1.165) is 24.3 Å². The molecule has 0 spiro atoms. The molecule has 1 aromatic carbocycles. The predicted octanol–water partition coefficient (Wildman–Crippen LogP) is 0.0662. The number of amides is 3. The van der Waals surface area contributed by atoms with Crippen LogP contribution >= 0.6 is 0 Å². The number of hydrogen-bond donors (Lipinski definition) is 1. The normalized spacial score (nSPS) is 16.2. The Morgan fingerprint density at radius 1 is 1.18 bits per heavy atom. The van der Waals surface area contributed by atoms with Crippen molar-refractivity contribution >= 4 is 22.0 Å². The number of carbonyl (C=O) groups excluding carboxylic acids is 2. The average Bonchev–Trinajstić information content (AvgIpc) is 2.59. The molecule has 90 valence electrons. The summed E-state index contributed by atoms with van der Waals surface area (Å²) in [6.07, 6.45) is 0. The third kappa shape index (κ3) is 1.98. The Hall–Kier alpha value is -1.96. The van der Waals surface area contributed by atoms with E-state index in [1.807, 2.05) is 5.32 Å². The van der Waals surface area contributed by atoms with Gasteiger partial charge in [-0.15, -0.1) is 0 Å². The fourth-order valence-corrected chi connectivity index (χ4v) is 2.64. The fourth-order valence-electron chi connectivity index (χ4n) is 1.35. The van der Waals surface area contributed by atoms with Crippen LogP contribution in [-0.2, 0) is 14.8 Å². The SMILES string of the molecule is O=C1CN(S(=O)(=O)c2ccc(F)cc2)C(=O)N1. The van der Waals surface area contributed by atoms with Crippen molar-refractivity contribution in [3.63, 3.8) is 0 Å². The summed E-state index contributed by atoms with van der Waals surface area (Å²) in [4.78, 5) is 21.9. The molecule has 6 nitrogen and oxygen atoms in total. The molecule has 0 atom stereocenters. The van der Waals surface area contributed by atoms with Gasteiger partial charge in [0.2, 0.25) is 5.91 Å². The van der Waals surface area contributed by atoms with E-state index in [1.54, 1.807) is 0 Å². The van der Waals surface area contributed by atoms with E-state index in [1.165, 1.54) is 0 Å². The highest BCUT2D eigenvalue weighted by Crippen LogP contribution is 2.17. The number of halogens is 1. The van der Waals surface area contributed by atoms with Gasteiger partial charge in [0.15, 0.2) is 0 Å². The van der Waals surface area contributed by atoms with Crippen molar-refractivity contribution in [2.24, 2.45) is 0 Å². The van der Waals surface area contributed by atoms with Crippen LogP contribution in [0.25, 0.3) is 0 Å². The van der Waals surface area contributed by atoms with Crippen molar-refractivity contribution < 1.29 is 22.4 Å². The van der Waals surface area contributed by atoms with Crippen molar-refractivity contribution in [1.29, 1.82) is 0 Å². The maximum atomic E-state index is 12.6. The van der Waals surface area contributed by atoms with E-state index in [9.17, 15) is 22.4 Å². The summed E-state index contributed by atoms with van der Waals surface area (Å²) in [7, 11) is -4.10. The van der Waals surface area contributed by atoms with E-state index >= 15 is 0 Å². The molecular weight excluding hydrogens is 251 g/mol. The van der Waals surface area contributed by atoms with E-state index in [4.69, 9.17) is 0 Å². The van der Waals surface area contributed by atoms with Crippen LogP contribution in [0, 0.1) is 5.82 Å². The van der Waals surface area contributed by atoms with Crippen molar-refractivity contribution in [1.82, 2.24) is 9.62 Å². The Morgan fingerprint density at radius 3 is 2.24 bits per heavy atom. The number of rotatable bonds is 2. The molecule has 0 aromatic heterocycles. The molecule has 0 saturated carbocycles. The molecule has 1 fully saturated rings. The number of sulfonamides is 1. The Labute approximate surface area is 96.1 Å². The minimum Gasteiger partial charge on any atom is -0.275 e. The zero-order valence-corrected chi connectivity index (χ0v) is 9.20. The quantitative estimate of drug-likeness (QED) is 0.761. The second-order valence-electron chi connectivity index (χ2n) is 3.32. The average molecular weight is 258 g/mol. The lowest BCUT2D eigenvalue weighted by molar-refractivity contribution is -0.118. The molecule has 0 unspecified atom stereocenters. The van der Waals surface area contributed by atoms with Gasteiger partial charge in [0, 0.05) is 0 Å². The molecule has 17 heavy (non-hydrogen) atoms. The fraction of sp³-hybridized carbons (Fsp3) is 0.111. The first-order valence-electron chi connectivity index (χ1n) is 4.53. The Kier molecular flexibility index (Phi) is 2.58. The van der Waals surface area contributed by atoms with E-state index in [2.05, 4.69) is 0 Å². The first-order chi connectivity index (χ1) is 7.91. The van der Waals surface area contributed by atoms with Crippen LogP contribution in [0.5, 0.6) is 0 Å². The largest absolute Gasteiger partial charge is 0.338 e.